The molecule has 3 N–H and O–H groups in total. The molecule has 0 atom stereocenters. The van der Waals surface area contributed by atoms with Crippen molar-refractivity contribution >= 4 is 23.4 Å². The van der Waals surface area contributed by atoms with E-state index in [2.05, 4.69) is 16.0 Å². The van der Waals surface area contributed by atoms with Gasteiger partial charge < -0.3 is 25.3 Å². The third-order valence-electron chi connectivity index (χ3n) is 6.37. The van der Waals surface area contributed by atoms with E-state index in [1.165, 1.54) is 0 Å². The minimum absolute atomic E-state index is 0.191. The van der Waals surface area contributed by atoms with Gasteiger partial charge in [-0.05, 0) is 81.4 Å². The van der Waals surface area contributed by atoms with Crippen molar-refractivity contribution in [3.05, 3.63) is 53.0 Å². The fraction of sp³-hybridized carbons (Fsp3) is 0.480. The van der Waals surface area contributed by atoms with Gasteiger partial charge >= 0.3 is 0 Å². The second-order valence-electron chi connectivity index (χ2n) is 8.78. The first kappa shape index (κ1) is 23.0. The summed E-state index contributed by atoms with van der Waals surface area (Å²) in [7, 11) is 0. The molecular formula is C25H32N4O4. The van der Waals surface area contributed by atoms with Crippen LogP contribution in [-0.4, -0.2) is 55.3 Å². The van der Waals surface area contributed by atoms with Crippen LogP contribution < -0.4 is 16.0 Å². The molecule has 4 rings (SSSR count). The Morgan fingerprint density at radius 2 is 1.97 bits per heavy atom. The summed E-state index contributed by atoms with van der Waals surface area (Å²) in [6.07, 6.45) is 4.21. The Balaban J connectivity index is 1.43. The molecule has 2 fully saturated rings. The first-order chi connectivity index (χ1) is 16.0. The molecular weight excluding hydrogens is 420 g/mol. The second-order valence-corrected chi connectivity index (χ2v) is 8.78. The van der Waals surface area contributed by atoms with Gasteiger partial charge in [-0.2, -0.15) is 0 Å². The Hall–Kier alpha value is -3.13. The van der Waals surface area contributed by atoms with Gasteiger partial charge in [-0.1, -0.05) is 6.07 Å². The highest BCUT2D eigenvalue weighted by Crippen LogP contribution is 2.32. The minimum Gasteiger partial charge on any atom is -0.456 e. The molecule has 0 bridgehead atoms. The van der Waals surface area contributed by atoms with Gasteiger partial charge in [-0.15, -0.1) is 0 Å². The predicted molar refractivity (Wildman–Crippen MR) is 125 cm³/mol. The van der Waals surface area contributed by atoms with E-state index < -0.39 is 0 Å². The number of nitrogens with zero attached hydrogens (tertiary/aromatic N) is 1. The van der Waals surface area contributed by atoms with Crippen LogP contribution in [0.4, 0.5) is 5.69 Å². The van der Waals surface area contributed by atoms with E-state index in [1.54, 1.807) is 25.1 Å². The summed E-state index contributed by atoms with van der Waals surface area (Å²) in [5.41, 5.74) is 2.18. The molecule has 1 aromatic carbocycles. The van der Waals surface area contributed by atoms with E-state index in [9.17, 15) is 14.4 Å². The van der Waals surface area contributed by atoms with Gasteiger partial charge in [0.15, 0.2) is 5.76 Å². The molecule has 0 unspecified atom stereocenters. The Kier molecular flexibility index (Phi) is 7.44. The van der Waals surface area contributed by atoms with E-state index >= 15 is 0 Å². The van der Waals surface area contributed by atoms with Crippen LogP contribution in [-0.2, 0) is 4.79 Å². The van der Waals surface area contributed by atoms with Crippen LogP contribution in [0.2, 0.25) is 0 Å². The number of hydrogen-bond donors (Lipinski definition) is 3. The third-order valence-corrected chi connectivity index (χ3v) is 6.37. The fourth-order valence-corrected chi connectivity index (χ4v) is 4.55. The number of amides is 3. The van der Waals surface area contributed by atoms with Gasteiger partial charge in [0.2, 0.25) is 5.91 Å². The molecule has 8 nitrogen and oxygen atoms in total. The lowest BCUT2D eigenvalue weighted by Crippen LogP contribution is -2.31. The van der Waals surface area contributed by atoms with Crippen molar-refractivity contribution in [2.75, 3.05) is 38.0 Å². The van der Waals surface area contributed by atoms with Crippen molar-refractivity contribution in [1.82, 2.24) is 15.5 Å². The number of benzene rings is 1. The molecule has 33 heavy (non-hydrogen) atoms. The number of likely N-dealkylation sites (tertiary alicyclic amines) is 1. The smallest absolute Gasteiger partial charge is 0.291 e. The normalized spacial score (nSPS) is 16.8. The van der Waals surface area contributed by atoms with Crippen LogP contribution in [0.15, 0.2) is 34.7 Å². The number of hydrogen-bond acceptors (Lipinski definition) is 5. The molecule has 2 aliphatic heterocycles. The SMILES string of the molecule is Cc1ccc(C(=O)Nc2cc(C(=O)NCCCN3CCCC3=O)ccc2C2CCNCC2)o1. The first-order valence-electron chi connectivity index (χ1n) is 11.8. The molecule has 176 valence electrons. The zero-order chi connectivity index (χ0) is 23.2. The van der Waals surface area contributed by atoms with Gasteiger partial charge in [0.1, 0.15) is 5.76 Å². The summed E-state index contributed by atoms with van der Waals surface area (Å²) in [6, 6.07) is 8.93. The monoisotopic (exact) mass is 452 g/mol. The lowest BCUT2D eigenvalue weighted by Gasteiger charge is -2.25. The number of carbonyl (C=O) groups excluding carboxylic acids is 3. The topological polar surface area (TPSA) is 104 Å². The Bertz CT molecular complexity index is 1010. The van der Waals surface area contributed by atoms with Gasteiger partial charge in [0.25, 0.3) is 11.8 Å². The molecule has 2 aromatic rings. The molecule has 2 aliphatic rings. The molecule has 0 saturated carbocycles. The standard InChI is InChI=1S/C25H32N4O4/c1-17-5-8-22(33-17)25(32)28-21-16-19(6-7-20(21)18-9-12-26-13-10-18)24(31)27-11-3-15-29-14-2-4-23(29)30/h5-8,16,18,26H,2-4,9-15H2,1H3,(H,27,31)(H,28,32). The quantitative estimate of drug-likeness (QED) is 0.534. The highest BCUT2D eigenvalue weighted by molar-refractivity contribution is 6.04. The highest BCUT2D eigenvalue weighted by atomic mass is 16.3. The van der Waals surface area contributed by atoms with E-state index in [0.29, 0.717) is 48.9 Å². The zero-order valence-corrected chi connectivity index (χ0v) is 19.1. The average molecular weight is 453 g/mol. The number of rotatable bonds is 8. The van der Waals surface area contributed by atoms with E-state index in [1.807, 2.05) is 17.0 Å². The number of anilines is 1. The lowest BCUT2D eigenvalue weighted by molar-refractivity contribution is -0.127. The molecule has 8 heteroatoms. The number of nitrogens with one attached hydrogen (secondary N) is 3. The fourth-order valence-electron chi connectivity index (χ4n) is 4.55. The van der Waals surface area contributed by atoms with Gasteiger partial charge in [0, 0.05) is 37.3 Å². The molecule has 3 heterocycles. The van der Waals surface area contributed by atoms with E-state index in [-0.39, 0.29) is 23.5 Å². The van der Waals surface area contributed by atoms with Crippen molar-refractivity contribution < 1.29 is 18.8 Å². The van der Waals surface area contributed by atoms with Crippen molar-refractivity contribution in [3.63, 3.8) is 0 Å². The average Bonchev–Trinajstić information content (AvgIpc) is 3.45. The Labute approximate surface area is 194 Å². The summed E-state index contributed by atoms with van der Waals surface area (Å²) < 4.78 is 5.47. The van der Waals surface area contributed by atoms with Crippen molar-refractivity contribution in [1.29, 1.82) is 0 Å². The maximum absolute atomic E-state index is 12.8. The van der Waals surface area contributed by atoms with Crippen molar-refractivity contribution in [2.24, 2.45) is 0 Å². The van der Waals surface area contributed by atoms with Crippen molar-refractivity contribution in [3.8, 4) is 0 Å². The molecule has 3 amide bonds. The summed E-state index contributed by atoms with van der Waals surface area (Å²) in [4.78, 5) is 39.1. The van der Waals surface area contributed by atoms with Crippen LogP contribution in [0.25, 0.3) is 0 Å². The molecule has 0 aliphatic carbocycles. The maximum atomic E-state index is 12.8. The Morgan fingerprint density at radius 1 is 1.15 bits per heavy atom. The number of piperidine rings is 1. The van der Waals surface area contributed by atoms with Gasteiger partial charge in [-0.3, -0.25) is 14.4 Å². The summed E-state index contributed by atoms with van der Waals surface area (Å²) in [5.74, 6) is 0.907. The van der Waals surface area contributed by atoms with Crippen molar-refractivity contribution in [2.45, 2.75) is 44.9 Å². The number of furan rings is 1. The molecule has 2 saturated heterocycles. The Morgan fingerprint density at radius 3 is 2.67 bits per heavy atom. The zero-order valence-electron chi connectivity index (χ0n) is 19.1. The predicted octanol–water partition coefficient (Wildman–Crippen LogP) is 3.05. The van der Waals surface area contributed by atoms with Crippen LogP contribution in [0.1, 0.15) is 70.3 Å². The summed E-state index contributed by atoms with van der Waals surface area (Å²) >= 11 is 0. The van der Waals surface area contributed by atoms with Gasteiger partial charge in [0.05, 0.1) is 0 Å². The first-order valence-corrected chi connectivity index (χ1v) is 11.8. The van der Waals surface area contributed by atoms with E-state index in [4.69, 9.17) is 4.42 Å². The molecule has 1 aromatic heterocycles. The number of carbonyl (C=O) groups is 3. The minimum atomic E-state index is -0.328. The van der Waals surface area contributed by atoms with Gasteiger partial charge in [-0.25, -0.2) is 0 Å². The summed E-state index contributed by atoms with van der Waals surface area (Å²) in [5, 5.41) is 9.26. The van der Waals surface area contributed by atoms with Crippen LogP contribution in [0.3, 0.4) is 0 Å². The molecule has 0 radical (unpaired) electrons. The second kappa shape index (κ2) is 10.7. The largest absolute Gasteiger partial charge is 0.456 e. The molecule has 0 spiro atoms. The van der Waals surface area contributed by atoms with Crippen LogP contribution in [0, 0.1) is 6.92 Å². The van der Waals surface area contributed by atoms with E-state index in [0.717, 1.165) is 44.5 Å². The maximum Gasteiger partial charge on any atom is 0.291 e. The number of aryl methyl sites for hydroxylation is 1. The van der Waals surface area contributed by atoms with Crippen LogP contribution in [0.5, 0.6) is 0 Å². The highest BCUT2D eigenvalue weighted by Gasteiger charge is 2.22. The lowest BCUT2D eigenvalue weighted by atomic mass is 9.88. The third kappa shape index (κ3) is 5.82. The summed E-state index contributed by atoms with van der Waals surface area (Å²) in [6.45, 7) is 5.61. The van der Waals surface area contributed by atoms with Crippen LogP contribution >= 0.6 is 0 Å².